The second-order valence-corrected chi connectivity index (χ2v) is 9.00. The number of aliphatic hydroxyl groups excluding tert-OH is 2. The van der Waals surface area contributed by atoms with Gasteiger partial charge in [-0.15, -0.1) is 0 Å². The van der Waals surface area contributed by atoms with Gasteiger partial charge in [-0.2, -0.15) is 0 Å². The summed E-state index contributed by atoms with van der Waals surface area (Å²) in [6, 6.07) is 3.50. The Morgan fingerprint density at radius 1 is 1.24 bits per heavy atom. The van der Waals surface area contributed by atoms with E-state index < -0.39 is 64.1 Å². The summed E-state index contributed by atoms with van der Waals surface area (Å²) < 4.78 is 5.99. The molecule has 10 nitrogen and oxygen atoms in total. The lowest BCUT2D eigenvalue weighted by atomic mass is 9.56. The quantitative estimate of drug-likeness (QED) is 0.387. The summed E-state index contributed by atoms with van der Waals surface area (Å²) in [5.41, 5.74) is -3.03. The van der Waals surface area contributed by atoms with Gasteiger partial charge in [0.05, 0.1) is 23.6 Å². The van der Waals surface area contributed by atoms with E-state index >= 15 is 0 Å². The van der Waals surface area contributed by atoms with E-state index in [1.165, 1.54) is 18.0 Å². The fourth-order valence-electron chi connectivity index (χ4n) is 5.68. The summed E-state index contributed by atoms with van der Waals surface area (Å²) >= 11 is 0. The van der Waals surface area contributed by atoms with Crippen LogP contribution in [0, 0.1) is 11.8 Å². The Morgan fingerprint density at radius 3 is 2.50 bits per heavy atom. The Balaban J connectivity index is 2.06. The number of likely N-dealkylation sites (N-methyl/N-ethyl adjacent to an activating group) is 2. The largest absolute Gasteiger partial charge is 0.508 e. The molecule has 3 aliphatic carbocycles. The molecule has 0 unspecified atom stereocenters. The third-order valence-electron chi connectivity index (χ3n) is 7.08. The van der Waals surface area contributed by atoms with Crippen LogP contribution in [0.3, 0.4) is 0 Å². The molecule has 0 saturated heterocycles. The van der Waals surface area contributed by atoms with Crippen molar-refractivity contribution in [2.24, 2.45) is 11.8 Å². The van der Waals surface area contributed by atoms with Crippen LogP contribution in [0.4, 0.5) is 0 Å². The number of ketones is 2. The number of nitrogens with one attached hydrogen (secondary N) is 1. The van der Waals surface area contributed by atoms with Gasteiger partial charge >= 0.3 is 0 Å². The number of fused-ring (bicyclic) bond motifs is 3. The Bertz CT molecular complexity index is 1150. The van der Waals surface area contributed by atoms with Crippen LogP contribution in [-0.2, 0) is 25.5 Å². The van der Waals surface area contributed by atoms with Gasteiger partial charge in [-0.3, -0.25) is 19.3 Å². The van der Waals surface area contributed by atoms with Gasteiger partial charge in [-0.05, 0) is 39.1 Å². The summed E-state index contributed by atoms with van der Waals surface area (Å²) in [7, 11) is 4.39. The highest BCUT2D eigenvalue weighted by atomic mass is 16.5. The number of aliphatic hydroxyl groups is 3. The topological polar surface area (TPSA) is 157 Å². The van der Waals surface area contributed by atoms with Gasteiger partial charge in [-0.1, -0.05) is 12.1 Å². The number of hydrogen-bond acceptors (Lipinski definition) is 9. The normalized spacial score (nSPS) is 30.8. The highest BCUT2D eigenvalue weighted by Gasteiger charge is 2.68. The number of hydrogen-bond donors (Lipinski definition) is 5. The molecule has 1 amide bonds. The first-order chi connectivity index (χ1) is 16.0. The third kappa shape index (κ3) is 3.02. The van der Waals surface area contributed by atoms with Gasteiger partial charge < -0.3 is 30.5 Å². The Hall–Kier alpha value is -3.21. The van der Waals surface area contributed by atoms with Crippen LogP contribution < -0.4 is 5.32 Å². The second-order valence-electron chi connectivity index (χ2n) is 9.00. The minimum absolute atomic E-state index is 0.0606. The van der Waals surface area contributed by atoms with Crippen molar-refractivity contribution in [1.29, 1.82) is 0 Å². The number of rotatable bonds is 4. The number of amides is 1. The number of benzene rings is 1. The van der Waals surface area contributed by atoms with E-state index in [0.29, 0.717) is 5.56 Å². The van der Waals surface area contributed by atoms with Crippen LogP contribution in [-0.4, -0.2) is 88.3 Å². The third-order valence-corrected chi connectivity index (χ3v) is 7.08. The van der Waals surface area contributed by atoms with Crippen molar-refractivity contribution in [3.63, 3.8) is 0 Å². The first-order valence-corrected chi connectivity index (χ1v) is 11.0. The molecule has 0 spiro atoms. The molecule has 182 valence electrons. The predicted molar refractivity (Wildman–Crippen MR) is 120 cm³/mol. The van der Waals surface area contributed by atoms with Crippen molar-refractivity contribution < 1.29 is 39.5 Å². The molecule has 1 aromatic rings. The zero-order valence-electron chi connectivity index (χ0n) is 19.3. The lowest BCUT2D eigenvalue weighted by Crippen LogP contribution is -2.70. The van der Waals surface area contributed by atoms with Crippen molar-refractivity contribution in [3.8, 4) is 5.75 Å². The summed E-state index contributed by atoms with van der Waals surface area (Å²) in [4.78, 5) is 41.3. The van der Waals surface area contributed by atoms with E-state index in [2.05, 4.69) is 5.32 Å². The molecule has 10 heteroatoms. The highest BCUT2D eigenvalue weighted by molar-refractivity contribution is 6.25. The van der Waals surface area contributed by atoms with E-state index in [9.17, 15) is 34.8 Å². The first kappa shape index (κ1) is 23.9. The van der Waals surface area contributed by atoms with Gasteiger partial charge in [0, 0.05) is 25.1 Å². The lowest BCUT2D eigenvalue weighted by molar-refractivity contribution is -0.174. The minimum Gasteiger partial charge on any atom is -0.508 e. The number of phenolic OH excluding ortho intramolecular Hbond substituents is 1. The molecular weight excluding hydrogens is 444 g/mol. The molecule has 0 radical (unpaired) electrons. The average Bonchev–Trinajstić information content (AvgIpc) is 2.78. The SMILES string of the molecule is CCO[C@H]1[C@H]2[C@H](N(C)C)C(=O)C(C(=O)NC)=C(O)[C@@]2(O)C(=O)C2=C(O)c3c(O)cccc3C[C@H]21. The average molecular weight is 472 g/mol. The second kappa shape index (κ2) is 8.23. The maximum atomic E-state index is 13.9. The molecule has 4 rings (SSSR count). The Labute approximate surface area is 196 Å². The monoisotopic (exact) mass is 472 g/mol. The molecule has 0 bridgehead atoms. The van der Waals surface area contributed by atoms with Crippen molar-refractivity contribution in [3.05, 3.63) is 46.2 Å². The van der Waals surface area contributed by atoms with E-state index in [0.717, 1.165) is 0 Å². The van der Waals surface area contributed by atoms with E-state index in [1.807, 2.05) is 0 Å². The van der Waals surface area contributed by atoms with Crippen LogP contribution >= 0.6 is 0 Å². The van der Waals surface area contributed by atoms with E-state index in [4.69, 9.17) is 4.74 Å². The molecule has 1 saturated carbocycles. The van der Waals surface area contributed by atoms with E-state index in [-0.39, 0.29) is 29.9 Å². The zero-order valence-corrected chi connectivity index (χ0v) is 19.3. The van der Waals surface area contributed by atoms with Gasteiger partial charge in [0.15, 0.2) is 11.4 Å². The Morgan fingerprint density at radius 2 is 1.91 bits per heavy atom. The number of phenols is 1. The van der Waals surface area contributed by atoms with Crippen molar-refractivity contribution in [1.82, 2.24) is 10.2 Å². The smallest absolute Gasteiger partial charge is 0.258 e. The summed E-state index contributed by atoms with van der Waals surface area (Å²) in [6.07, 6.45) is -0.794. The molecule has 0 heterocycles. The standard InChI is InChI=1S/C24H28N2O8/c1-5-34-20-11-9-10-7-6-8-12(27)13(10)18(28)14(11)21(30)24(33)16(20)17(26(3)4)19(29)15(22(24)31)23(32)25-2/h6-8,11,16-17,20,27-28,31,33H,5,9H2,1-4H3,(H,25,32)/t11-,16-,17+,20-,24+/m1/s1. The van der Waals surface area contributed by atoms with Crippen LogP contribution in [0.15, 0.2) is 35.1 Å². The number of ether oxygens (including phenoxy) is 1. The number of Topliss-reactive ketones (excluding diaryl/α,β-unsaturated/α-hetero) is 2. The molecular formula is C24H28N2O8. The maximum Gasteiger partial charge on any atom is 0.258 e. The molecule has 0 aromatic heterocycles. The molecule has 5 N–H and O–H groups in total. The fourth-order valence-corrected chi connectivity index (χ4v) is 5.68. The molecule has 1 aromatic carbocycles. The summed E-state index contributed by atoms with van der Waals surface area (Å²) in [6.45, 7) is 1.87. The van der Waals surface area contributed by atoms with Crippen LogP contribution in [0.25, 0.3) is 5.76 Å². The number of carbonyl (C=O) groups is 3. The zero-order chi connectivity index (χ0) is 25.1. The van der Waals surface area contributed by atoms with Gasteiger partial charge in [0.1, 0.15) is 22.8 Å². The Kier molecular flexibility index (Phi) is 5.79. The summed E-state index contributed by atoms with van der Waals surface area (Å²) in [5.74, 6) is -6.62. The van der Waals surface area contributed by atoms with Crippen molar-refractivity contribution in [2.75, 3.05) is 27.7 Å². The van der Waals surface area contributed by atoms with Crippen molar-refractivity contribution >= 4 is 23.2 Å². The molecule has 3 aliphatic rings. The van der Waals surface area contributed by atoms with Crippen LogP contribution in [0.1, 0.15) is 18.1 Å². The number of nitrogens with zero attached hydrogens (tertiary/aromatic N) is 1. The molecule has 0 aliphatic heterocycles. The maximum absolute atomic E-state index is 13.9. The summed E-state index contributed by atoms with van der Waals surface area (Å²) in [5, 5.41) is 46.7. The minimum atomic E-state index is -2.72. The van der Waals surface area contributed by atoms with E-state index in [1.54, 1.807) is 33.2 Å². The highest BCUT2D eigenvalue weighted by Crippen LogP contribution is 2.53. The van der Waals surface area contributed by atoms with Crippen LogP contribution in [0.2, 0.25) is 0 Å². The molecule has 1 fully saturated rings. The molecule has 34 heavy (non-hydrogen) atoms. The number of aromatic hydroxyl groups is 1. The molecule has 5 atom stereocenters. The fraction of sp³-hybridized carbons (Fsp3) is 0.458. The predicted octanol–water partition coefficient (Wildman–Crippen LogP) is 0.240. The van der Waals surface area contributed by atoms with Crippen LogP contribution in [0.5, 0.6) is 5.75 Å². The van der Waals surface area contributed by atoms with Crippen molar-refractivity contribution in [2.45, 2.75) is 31.1 Å². The van der Waals surface area contributed by atoms with Gasteiger partial charge in [-0.25, -0.2) is 0 Å². The number of carbonyl (C=O) groups excluding carboxylic acids is 3. The van der Waals surface area contributed by atoms with Gasteiger partial charge in [0.25, 0.3) is 5.91 Å². The van der Waals surface area contributed by atoms with Gasteiger partial charge in [0.2, 0.25) is 5.78 Å². The first-order valence-electron chi connectivity index (χ1n) is 11.0. The lowest BCUT2D eigenvalue weighted by Gasteiger charge is -2.53.